The van der Waals surface area contributed by atoms with Crippen LogP contribution in [0, 0.1) is 0 Å². The second kappa shape index (κ2) is 7.61. The van der Waals surface area contributed by atoms with Gasteiger partial charge < -0.3 is 15.4 Å². The summed E-state index contributed by atoms with van der Waals surface area (Å²) >= 11 is 4.79. The molecular formula is C12H22N2O2S. The van der Waals surface area contributed by atoms with Crippen LogP contribution in [0.2, 0.25) is 0 Å². The first-order valence-electron chi connectivity index (χ1n) is 6.23. The third kappa shape index (κ3) is 5.98. The molecule has 0 aromatic rings. The highest BCUT2D eigenvalue weighted by molar-refractivity contribution is 7.80. The lowest BCUT2D eigenvalue weighted by molar-refractivity contribution is -0.130. The number of hydrogen-bond donors (Lipinski definition) is 1. The number of thiocarbonyl (C=S) groups is 1. The van der Waals surface area contributed by atoms with Gasteiger partial charge in [-0.05, 0) is 25.7 Å². The van der Waals surface area contributed by atoms with Crippen LogP contribution in [0.5, 0.6) is 0 Å². The first-order chi connectivity index (χ1) is 8.09. The number of amides is 1. The summed E-state index contributed by atoms with van der Waals surface area (Å²) in [5.41, 5.74) is 5.41. The molecule has 2 N–H and O–H groups in total. The average Bonchev–Trinajstić information content (AvgIpc) is 2.34. The zero-order chi connectivity index (χ0) is 12.7. The van der Waals surface area contributed by atoms with Crippen molar-refractivity contribution in [2.45, 2.75) is 44.6 Å². The van der Waals surface area contributed by atoms with Crippen LogP contribution in [0.25, 0.3) is 0 Å². The lowest BCUT2D eigenvalue weighted by Gasteiger charge is -2.23. The number of carbonyl (C=O) groups excluding carboxylic acids is 1. The summed E-state index contributed by atoms with van der Waals surface area (Å²) in [5, 5.41) is 0. The van der Waals surface area contributed by atoms with Gasteiger partial charge in [-0.25, -0.2) is 0 Å². The van der Waals surface area contributed by atoms with E-state index >= 15 is 0 Å². The molecule has 1 rings (SSSR count). The minimum Gasteiger partial charge on any atom is -0.393 e. The molecule has 0 bridgehead atoms. The van der Waals surface area contributed by atoms with E-state index in [0.29, 0.717) is 24.4 Å². The van der Waals surface area contributed by atoms with Crippen molar-refractivity contribution >= 4 is 23.1 Å². The van der Waals surface area contributed by atoms with E-state index < -0.39 is 0 Å². The maximum Gasteiger partial charge on any atom is 0.222 e. The van der Waals surface area contributed by atoms with Crippen molar-refractivity contribution in [3.05, 3.63) is 0 Å². The third-order valence-corrected chi connectivity index (χ3v) is 3.28. The molecule has 17 heavy (non-hydrogen) atoms. The molecule has 0 aromatic heterocycles. The fourth-order valence-electron chi connectivity index (χ4n) is 1.91. The Bertz CT molecular complexity index is 265. The molecule has 0 saturated carbocycles. The van der Waals surface area contributed by atoms with Gasteiger partial charge in [0, 0.05) is 33.0 Å². The first kappa shape index (κ1) is 14.4. The molecule has 1 saturated heterocycles. The van der Waals surface area contributed by atoms with E-state index in [9.17, 15) is 4.79 Å². The van der Waals surface area contributed by atoms with E-state index in [1.807, 2.05) is 0 Å². The standard InChI is InChI=1S/C12H22N2O2S/c1-14(8-7-11(13)17)12(15)6-5-10-4-2-3-9-16-10/h10H,2-9H2,1H3,(H2,13,17). The smallest absolute Gasteiger partial charge is 0.222 e. The largest absolute Gasteiger partial charge is 0.393 e. The highest BCUT2D eigenvalue weighted by atomic mass is 32.1. The Morgan fingerprint density at radius 2 is 2.24 bits per heavy atom. The lowest BCUT2D eigenvalue weighted by atomic mass is 10.0. The van der Waals surface area contributed by atoms with Gasteiger partial charge in [-0.3, -0.25) is 4.79 Å². The number of hydrogen-bond acceptors (Lipinski definition) is 3. The Morgan fingerprint density at radius 1 is 1.47 bits per heavy atom. The maximum atomic E-state index is 11.8. The van der Waals surface area contributed by atoms with E-state index in [2.05, 4.69) is 0 Å². The predicted molar refractivity (Wildman–Crippen MR) is 71.9 cm³/mol. The van der Waals surface area contributed by atoms with Crippen LogP contribution in [0.1, 0.15) is 38.5 Å². The number of carbonyl (C=O) groups is 1. The second-order valence-electron chi connectivity index (χ2n) is 4.56. The van der Waals surface area contributed by atoms with Crippen molar-refractivity contribution in [3.63, 3.8) is 0 Å². The summed E-state index contributed by atoms with van der Waals surface area (Å²) < 4.78 is 5.59. The minimum absolute atomic E-state index is 0.149. The van der Waals surface area contributed by atoms with Gasteiger partial charge in [0.2, 0.25) is 5.91 Å². The molecule has 0 spiro atoms. The van der Waals surface area contributed by atoms with E-state index in [4.69, 9.17) is 22.7 Å². The molecule has 1 atom stereocenters. The molecule has 5 heteroatoms. The van der Waals surface area contributed by atoms with E-state index in [0.717, 1.165) is 25.9 Å². The second-order valence-corrected chi connectivity index (χ2v) is 5.08. The van der Waals surface area contributed by atoms with Crippen molar-refractivity contribution < 1.29 is 9.53 Å². The highest BCUT2D eigenvalue weighted by Gasteiger charge is 2.16. The fraction of sp³-hybridized carbons (Fsp3) is 0.833. The Kier molecular flexibility index (Phi) is 6.44. The molecular weight excluding hydrogens is 236 g/mol. The van der Waals surface area contributed by atoms with E-state index in [-0.39, 0.29) is 12.0 Å². The summed E-state index contributed by atoms with van der Waals surface area (Å²) in [4.78, 5) is 13.9. The molecule has 4 nitrogen and oxygen atoms in total. The van der Waals surface area contributed by atoms with Crippen LogP contribution >= 0.6 is 12.2 Å². The first-order valence-corrected chi connectivity index (χ1v) is 6.64. The summed E-state index contributed by atoms with van der Waals surface area (Å²) in [6.07, 6.45) is 5.71. The van der Waals surface area contributed by atoms with Crippen LogP contribution in [-0.4, -0.2) is 42.1 Å². The Hall–Kier alpha value is -0.680. The highest BCUT2D eigenvalue weighted by Crippen LogP contribution is 2.17. The average molecular weight is 258 g/mol. The molecule has 1 heterocycles. The zero-order valence-electron chi connectivity index (χ0n) is 10.5. The van der Waals surface area contributed by atoms with Crippen LogP contribution in [0.15, 0.2) is 0 Å². The molecule has 1 aliphatic rings. The number of nitrogens with two attached hydrogens (primary N) is 1. The van der Waals surface area contributed by atoms with Crippen LogP contribution in [0.3, 0.4) is 0 Å². The summed E-state index contributed by atoms with van der Waals surface area (Å²) in [6, 6.07) is 0. The molecule has 1 unspecified atom stereocenters. The summed E-state index contributed by atoms with van der Waals surface area (Å²) in [6.45, 7) is 1.45. The topological polar surface area (TPSA) is 55.6 Å². The zero-order valence-corrected chi connectivity index (χ0v) is 11.3. The van der Waals surface area contributed by atoms with Gasteiger partial charge >= 0.3 is 0 Å². The lowest BCUT2D eigenvalue weighted by Crippen LogP contribution is -2.31. The van der Waals surface area contributed by atoms with Gasteiger partial charge in [-0.15, -0.1) is 0 Å². The Balaban J connectivity index is 2.16. The van der Waals surface area contributed by atoms with Crippen LogP contribution in [0.4, 0.5) is 0 Å². The fourth-order valence-corrected chi connectivity index (χ4v) is 2.00. The number of rotatable bonds is 6. The molecule has 0 aromatic carbocycles. The summed E-state index contributed by atoms with van der Waals surface area (Å²) in [7, 11) is 1.79. The van der Waals surface area contributed by atoms with Crippen molar-refractivity contribution in [3.8, 4) is 0 Å². The van der Waals surface area contributed by atoms with Crippen molar-refractivity contribution in [2.75, 3.05) is 20.2 Å². The predicted octanol–water partition coefficient (Wildman–Crippen LogP) is 1.47. The molecule has 0 radical (unpaired) electrons. The van der Waals surface area contributed by atoms with Crippen molar-refractivity contribution in [1.82, 2.24) is 4.90 Å². The quantitative estimate of drug-likeness (QED) is 0.733. The molecule has 1 amide bonds. The van der Waals surface area contributed by atoms with Crippen LogP contribution < -0.4 is 5.73 Å². The van der Waals surface area contributed by atoms with Gasteiger partial charge in [0.25, 0.3) is 0 Å². The van der Waals surface area contributed by atoms with Gasteiger partial charge in [0.15, 0.2) is 0 Å². The maximum absolute atomic E-state index is 11.8. The SMILES string of the molecule is CN(CCC(N)=S)C(=O)CCC1CCCCO1. The monoisotopic (exact) mass is 258 g/mol. The third-order valence-electron chi connectivity index (χ3n) is 3.07. The molecule has 0 aliphatic carbocycles. The number of nitrogens with zero attached hydrogens (tertiary/aromatic N) is 1. The minimum atomic E-state index is 0.149. The van der Waals surface area contributed by atoms with Crippen molar-refractivity contribution in [2.24, 2.45) is 5.73 Å². The molecule has 1 fully saturated rings. The van der Waals surface area contributed by atoms with Crippen LogP contribution in [-0.2, 0) is 9.53 Å². The van der Waals surface area contributed by atoms with Gasteiger partial charge in [0.05, 0.1) is 11.1 Å². The molecule has 1 aliphatic heterocycles. The Morgan fingerprint density at radius 3 is 2.82 bits per heavy atom. The van der Waals surface area contributed by atoms with Gasteiger partial charge in [-0.1, -0.05) is 12.2 Å². The van der Waals surface area contributed by atoms with Gasteiger partial charge in [-0.2, -0.15) is 0 Å². The Labute approximate surface area is 108 Å². The van der Waals surface area contributed by atoms with E-state index in [1.54, 1.807) is 11.9 Å². The molecule has 98 valence electrons. The van der Waals surface area contributed by atoms with Gasteiger partial charge in [0.1, 0.15) is 0 Å². The van der Waals surface area contributed by atoms with Crippen molar-refractivity contribution in [1.29, 1.82) is 0 Å². The number of ether oxygens (including phenoxy) is 1. The summed E-state index contributed by atoms with van der Waals surface area (Å²) in [5.74, 6) is 0.149. The van der Waals surface area contributed by atoms with E-state index in [1.165, 1.54) is 6.42 Å². The normalized spacial score (nSPS) is 19.9.